The molecule has 0 unspecified atom stereocenters. The lowest BCUT2D eigenvalue weighted by Gasteiger charge is -2.11. The standard InChI is InChI=1S/C51H32N4O/c1-4-14-34(15-5-1)43-31-39(55-45-22-12-10-20-40(45)41-21-11-13-23-46(41)55)32-44-42-29-28-38(30-47(42)56-48(43)44)33-24-26-37(27-25-33)51-53-49(35-16-6-2-7-17-35)52-50(54-51)36-18-8-3-9-19-36/h1-32H. The van der Waals surface area contributed by atoms with Crippen molar-refractivity contribution in [1.82, 2.24) is 19.5 Å². The maximum Gasteiger partial charge on any atom is 0.164 e. The molecule has 0 saturated carbocycles. The molecule has 0 N–H and O–H groups in total. The number of para-hydroxylation sites is 2. The molecule has 56 heavy (non-hydrogen) atoms. The molecule has 0 aliphatic heterocycles. The van der Waals surface area contributed by atoms with Crippen LogP contribution in [0.15, 0.2) is 199 Å². The molecule has 262 valence electrons. The van der Waals surface area contributed by atoms with Crippen molar-refractivity contribution in [1.29, 1.82) is 0 Å². The van der Waals surface area contributed by atoms with E-state index in [2.05, 4.69) is 138 Å². The number of benzene rings is 8. The largest absolute Gasteiger partial charge is 0.455 e. The SMILES string of the molecule is c1ccc(-c2nc(-c3ccccc3)nc(-c3ccc(-c4ccc5c(c4)oc4c(-c6ccccc6)cc(-n6c7ccccc7c7ccccc76)cc45)cc3)n2)cc1. The topological polar surface area (TPSA) is 56.7 Å². The van der Waals surface area contributed by atoms with Gasteiger partial charge in [0.25, 0.3) is 0 Å². The predicted molar refractivity (Wildman–Crippen MR) is 229 cm³/mol. The maximum atomic E-state index is 6.81. The number of hydrogen-bond donors (Lipinski definition) is 0. The molecular weight excluding hydrogens is 685 g/mol. The van der Waals surface area contributed by atoms with Gasteiger partial charge in [0.2, 0.25) is 0 Å². The van der Waals surface area contributed by atoms with Gasteiger partial charge >= 0.3 is 0 Å². The third kappa shape index (κ3) is 5.37. The average molecular weight is 717 g/mol. The van der Waals surface area contributed by atoms with Crippen molar-refractivity contribution in [2.24, 2.45) is 0 Å². The first-order valence-corrected chi connectivity index (χ1v) is 18.8. The Morgan fingerprint density at radius 2 is 0.804 bits per heavy atom. The Kier molecular flexibility index (Phi) is 7.42. The van der Waals surface area contributed by atoms with E-state index in [4.69, 9.17) is 19.4 Å². The number of furan rings is 1. The highest BCUT2D eigenvalue weighted by Gasteiger charge is 2.19. The Bertz CT molecular complexity index is 3110. The molecule has 3 heterocycles. The summed E-state index contributed by atoms with van der Waals surface area (Å²) >= 11 is 0. The highest BCUT2D eigenvalue weighted by Crippen LogP contribution is 2.41. The zero-order valence-corrected chi connectivity index (χ0v) is 30.2. The number of aromatic nitrogens is 4. The van der Waals surface area contributed by atoms with Crippen molar-refractivity contribution in [3.63, 3.8) is 0 Å². The van der Waals surface area contributed by atoms with Gasteiger partial charge in [0.1, 0.15) is 11.2 Å². The van der Waals surface area contributed by atoms with Crippen LogP contribution in [0.5, 0.6) is 0 Å². The molecule has 0 radical (unpaired) electrons. The zero-order chi connectivity index (χ0) is 37.0. The third-order valence-corrected chi connectivity index (χ3v) is 10.7. The molecule has 3 aromatic heterocycles. The summed E-state index contributed by atoms with van der Waals surface area (Å²) in [5, 5.41) is 4.63. The molecule has 8 aromatic carbocycles. The number of hydrogen-bond acceptors (Lipinski definition) is 4. The highest BCUT2D eigenvalue weighted by atomic mass is 16.3. The fraction of sp³-hybridized carbons (Fsp3) is 0. The van der Waals surface area contributed by atoms with E-state index in [1.165, 1.54) is 21.8 Å². The molecule has 5 heteroatoms. The predicted octanol–water partition coefficient (Wildman–Crippen LogP) is 13.2. The number of nitrogens with zero attached hydrogens (tertiary/aromatic N) is 4. The van der Waals surface area contributed by atoms with E-state index in [-0.39, 0.29) is 0 Å². The van der Waals surface area contributed by atoms with Gasteiger partial charge in [-0.25, -0.2) is 15.0 Å². The summed E-state index contributed by atoms with van der Waals surface area (Å²) in [5.74, 6) is 1.92. The molecular formula is C51H32N4O. The van der Waals surface area contributed by atoms with Crippen molar-refractivity contribution in [2.75, 3.05) is 0 Å². The van der Waals surface area contributed by atoms with Crippen LogP contribution in [-0.2, 0) is 0 Å². The van der Waals surface area contributed by atoms with E-state index in [9.17, 15) is 0 Å². The summed E-state index contributed by atoms with van der Waals surface area (Å²) < 4.78 is 9.19. The fourth-order valence-corrected chi connectivity index (χ4v) is 7.95. The van der Waals surface area contributed by atoms with Crippen LogP contribution in [0, 0.1) is 0 Å². The first-order chi connectivity index (χ1) is 27.7. The van der Waals surface area contributed by atoms with E-state index >= 15 is 0 Å². The second kappa shape index (κ2) is 13.0. The van der Waals surface area contributed by atoms with Gasteiger partial charge in [-0.3, -0.25) is 0 Å². The van der Waals surface area contributed by atoms with Gasteiger partial charge in [-0.05, 0) is 53.1 Å². The van der Waals surface area contributed by atoms with E-state index in [0.717, 1.165) is 66.6 Å². The Balaban J connectivity index is 1.02. The smallest absolute Gasteiger partial charge is 0.164 e. The maximum absolute atomic E-state index is 6.81. The van der Waals surface area contributed by atoms with Crippen molar-refractivity contribution in [3.8, 4) is 62.1 Å². The summed E-state index contributed by atoms with van der Waals surface area (Å²) in [6, 6.07) is 67.4. The zero-order valence-electron chi connectivity index (χ0n) is 30.2. The highest BCUT2D eigenvalue weighted by molar-refractivity contribution is 6.13. The molecule has 0 fully saturated rings. The summed E-state index contributed by atoms with van der Waals surface area (Å²) in [5.41, 5.74) is 12.3. The van der Waals surface area contributed by atoms with Crippen molar-refractivity contribution >= 4 is 43.7 Å². The van der Waals surface area contributed by atoms with Crippen LogP contribution < -0.4 is 0 Å². The Morgan fingerprint density at radius 3 is 1.38 bits per heavy atom. The van der Waals surface area contributed by atoms with Crippen LogP contribution in [0.2, 0.25) is 0 Å². The molecule has 0 atom stereocenters. The number of fused-ring (bicyclic) bond motifs is 6. The van der Waals surface area contributed by atoms with Gasteiger partial charge in [0, 0.05) is 49.5 Å². The molecule has 0 aliphatic rings. The van der Waals surface area contributed by atoms with E-state index in [1.807, 2.05) is 60.7 Å². The monoisotopic (exact) mass is 716 g/mol. The lowest BCUT2D eigenvalue weighted by Crippen LogP contribution is -2.00. The van der Waals surface area contributed by atoms with Gasteiger partial charge in [-0.2, -0.15) is 0 Å². The first kappa shape index (κ1) is 31.9. The normalized spacial score (nSPS) is 11.6. The molecule has 0 spiro atoms. The van der Waals surface area contributed by atoms with Gasteiger partial charge in [-0.15, -0.1) is 0 Å². The molecule has 0 bridgehead atoms. The summed E-state index contributed by atoms with van der Waals surface area (Å²) in [4.78, 5) is 14.7. The summed E-state index contributed by atoms with van der Waals surface area (Å²) in [7, 11) is 0. The van der Waals surface area contributed by atoms with Crippen LogP contribution in [0.3, 0.4) is 0 Å². The third-order valence-electron chi connectivity index (χ3n) is 10.7. The Hall–Kier alpha value is -7.63. The summed E-state index contributed by atoms with van der Waals surface area (Å²) in [6.45, 7) is 0. The Labute approximate surface area is 322 Å². The lowest BCUT2D eigenvalue weighted by molar-refractivity contribution is 0.670. The average Bonchev–Trinajstić information content (AvgIpc) is 3.82. The van der Waals surface area contributed by atoms with Crippen LogP contribution in [0.4, 0.5) is 0 Å². The summed E-state index contributed by atoms with van der Waals surface area (Å²) in [6.07, 6.45) is 0. The van der Waals surface area contributed by atoms with E-state index in [1.54, 1.807) is 0 Å². The van der Waals surface area contributed by atoms with Crippen LogP contribution in [0.1, 0.15) is 0 Å². The van der Waals surface area contributed by atoms with Gasteiger partial charge in [0.05, 0.1) is 11.0 Å². The van der Waals surface area contributed by atoms with Crippen molar-refractivity contribution in [3.05, 3.63) is 194 Å². The fourth-order valence-electron chi connectivity index (χ4n) is 7.95. The van der Waals surface area contributed by atoms with Crippen LogP contribution in [-0.4, -0.2) is 19.5 Å². The molecule has 11 aromatic rings. The van der Waals surface area contributed by atoms with E-state index in [0.29, 0.717) is 17.5 Å². The second-order valence-electron chi connectivity index (χ2n) is 14.0. The minimum atomic E-state index is 0.629. The lowest BCUT2D eigenvalue weighted by atomic mass is 9.99. The minimum absolute atomic E-state index is 0.629. The first-order valence-electron chi connectivity index (χ1n) is 18.8. The Morgan fingerprint density at radius 1 is 0.339 bits per heavy atom. The van der Waals surface area contributed by atoms with Crippen LogP contribution >= 0.6 is 0 Å². The second-order valence-corrected chi connectivity index (χ2v) is 14.0. The van der Waals surface area contributed by atoms with Gasteiger partial charge in [-0.1, -0.05) is 158 Å². The molecule has 5 nitrogen and oxygen atoms in total. The van der Waals surface area contributed by atoms with Crippen molar-refractivity contribution in [2.45, 2.75) is 0 Å². The number of rotatable bonds is 6. The van der Waals surface area contributed by atoms with Crippen LogP contribution in [0.25, 0.3) is 106 Å². The van der Waals surface area contributed by atoms with Gasteiger partial charge < -0.3 is 8.98 Å². The minimum Gasteiger partial charge on any atom is -0.455 e. The quantitative estimate of drug-likeness (QED) is 0.172. The molecule has 0 amide bonds. The van der Waals surface area contributed by atoms with Crippen molar-refractivity contribution < 1.29 is 4.42 Å². The molecule has 0 saturated heterocycles. The van der Waals surface area contributed by atoms with E-state index < -0.39 is 0 Å². The van der Waals surface area contributed by atoms with Gasteiger partial charge in [0.15, 0.2) is 17.5 Å². The molecule has 0 aliphatic carbocycles. The molecule has 11 rings (SSSR count).